The SMILES string of the molecule is CC(C)(C)OC(=O)N1CC[C@@H](Oc2cc(N3C4CCC3CN(c3cc(Cl)nnc3N)C4)ccn2)[C@@H](F)C1. The van der Waals surface area contributed by atoms with Crippen molar-refractivity contribution in [1.82, 2.24) is 20.1 Å². The van der Waals surface area contributed by atoms with Crippen molar-refractivity contribution >= 4 is 34.9 Å². The van der Waals surface area contributed by atoms with Gasteiger partial charge in [0.15, 0.2) is 17.1 Å². The average Bonchev–Trinajstić information content (AvgIpc) is 3.10. The molecule has 10 nitrogen and oxygen atoms in total. The van der Waals surface area contributed by atoms with Gasteiger partial charge in [-0.2, -0.15) is 0 Å². The van der Waals surface area contributed by atoms with Crippen LogP contribution in [0.3, 0.4) is 0 Å². The van der Waals surface area contributed by atoms with Crippen molar-refractivity contribution in [3.63, 3.8) is 0 Å². The monoisotopic (exact) mass is 533 g/mol. The summed E-state index contributed by atoms with van der Waals surface area (Å²) in [5, 5.41) is 8.10. The predicted molar refractivity (Wildman–Crippen MR) is 139 cm³/mol. The fourth-order valence-electron chi connectivity index (χ4n) is 5.43. The molecule has 1 amide bonds. The molecule has 0 radical (unpaired) electrons. The maximum Gasteiger partial charge on any atom is 0.410 e. The Morgan fingerprint density at radius 2 is 1.86 bits per heavy atom. The van der Waals surface area contributed by atoms with Crippen LogP contribution in [-0.2, 0) is 4.74 Å². The van der Waals surface area contributed by atoms with Crippen LogP contribution in [0.5, 0.6) is 5.88 Å². The van der Waals surface area contributed by atoms with Crippen molar-refractivity contribution in [2.24, 2.45) is 0 Å². The molecule has 0 spiro atoms. The molecule has 4 atom stereocenters. The molecule has 2 unspecified atom stereocenters. The maximum absolute atomic E-state index is 15.0. The highest BCUT2D eigenvalue weighted by atomic mass is 35.5. The minimum absolute atomic E-state index is 0.0671. The van der Waals surface area contributed by atoms with Crippen LogP contribution < -0.4 is 20.3 Å². The molecule has 3 saturated heterocycles. The second kappa shape index (κ2) is 10.00. The lowest BCUT2D eigenvalue weighted by atomic mass is 10.1. The molecule has 3 aliphatic rings. The summed E-state index contributed by atoms with van der Waals surface area (Å²) in [6.45, 7) is 7.22. The summed E-state index contributed by atoms with van der Waals surface area (Å²) in [6.07, 6.45) is 1.63. The molecule has 200 valence electrons. The fraction of sp³-hybridized carbons (Fsp3) is 0.600. The molecule has 12 heteroatoms. The van der Waals surface area contributed by atoms with E-state index in [1.807, 2.05) is 12.1 Å². The fourth-order valence-corrected chi connectivity index (χ4v) is 5.57. The van der Waals surface area contributed by atoms with Crippen LogP contribution in [0.1, 0.15) is 40.0 Å². The Morgan fingerprint density at radius 1 is 1.14 bits per heavy atom. The van der Waals surface area contributed by atoms with E-state index < -0.39 is 24.0 Å². The van der Waals surface area contributed by atoms with Gasteiger partial charge < -0.3 is 29.9 Å². The molecule has 5 heterocycles. The van der Waals surface area contributed by atoms with Crippen LogP contribution in [0.25, 0.3) is 0 Å². The molecule has 2 bridgehead atoms. The van der Waals surface area contributed by atoms with E-state index in [9.17, 15) is 9.18 Å². The molecular weight excluding hydrogens is 501 g/mol. The number of anilines is 3. The van der Waals surface area contributed by atoms with E-state index in [1.165, 1.54) is 4.90 Å². The predicted octanol–water partition coefficient (Wildman–Crippen LogP) is 3.69. The van der Waals surface area contributed by atoms with Crippen molar-refractivity contribution in [3.05, 3.63) is 29.5 Å². The summed E-state index contributed by atoms with van der Waals surface area (Å²) in [5.74, 6) is 0.752. The average molecular weight is 534 g/mol. The smallest absolute Gasteiger partial charge is 0.410 e. The standard InChI is InChI=1S/C25H33ClFN7O3/c1-25(2,3)37-24(35)32-9-7-20(18(27)14-32)36-22-10-15(6-8-29-22)34-16-4-5-17(34)13-33(12-16)19-11-21(26)30-31-23(19)28/h6,8,10-11,16-18,20H,4-5,7,9,12-14H2,1-3H3,(H2,28,31)/t16?,17?,18-,20+/m0/s1. The number of piperazine rings is 1. The van der Waals surface area contributed by atoms with E-state index in [4.69, 9.17) is 26.8 Å². The second-order valence-corrected chi connectivity index (χ2v) is 11.3. The normalized spacial score (nSPS) is 25.8. The first kappa shape index (κ1) is 25.6. The summed E-state index contributed by atoms with van der Waals surface area (Å²) in [6, 6.07) is 6.15. The molecule has 0 saturated carbocycles. The van der Waals surface area contributed by atoms with Crippen molar-refractivity contribution < 1.29 is 18.7 Å². The van der Waals surface area contributed by atoms with Gasteiger partial charge in [0.1, 0.15) is 11.7 Å². The number of halogens is 2. The van der Waals surface area contributed by atoms with Gasteiger partial charge in [-0.05, 0) is 39.7 Å². The van der Waals surface area contributed by atoms with Gasteiger partial charge in [-0.25, -0.2) is 14.2 Å². The third-order valence-electron chi connectivity index (χ3n) is 7.02. The number of pyridine rings is 1. The molecule has 2 N–H and O–H groups in total. The van der Waals surface area contributed by atoms with Crippen LogP contribution >= 0.6 is 11.6 Å². The Balaban J connectivity index is 1.23. The van der Waals surface area contributed by atoms with Crippen molar-refractivity contribution in [2.75, 3.05) is 41.7 Å². The summed E-state index contributed by atoms with van der Waals surface area (Å²) in [5.41, 5.74) is 7.26. The Kier molecular flexibility index (Phi) is 6.91. The van der Waals surface area contributed by atoms with Gasteiger partial charge >= 0.3 is 6.09 Å². The largest absolute Gasteiger partial charge is 0.471 e. The molecule has 3 fully saturated rings. The molecule has 5 rings (SSSR count). The summed E-state index contributed by atoms with van der Waals surface area (Å²) < 4.78 is 26.3. The Morgan fingerprint density at radius 3 is 2.54 bits per heavy atom. The number of alkyl halides is 1. The number of nitrogens with two attached hydrogens (primary N) is 1. The lowest BCUT2D eigenvalue weighted by Crippen LogP contribution is -2.54. The van der Waals surface area contributed by atoms with Gasteiger partial charge in [-0.1, -0.05) is 11.6 Å². The number of amides is 1. The van der Waals surface area contributed by atoms with Crippen LogP contribution in [0.15, 0.2) is 24.4 Å². The van der Waals surface area contributed by atoms with Crippen LogP contribution in [-0.4, -0.2) is 82.3 Å². The Bertz CT molecular complexity index is 1140. The zero-order valence-corrected chi connectivity index (χ0v) is 22.1. The van der Waals surface area contributed by atoms with E-state index in [0.29, 0.717) is 29.8 Å². The number of rotatable bonds is 4. The van der Waals surface area contributed by atoms with Gasteiger partial charge in [-0.15, -0.1) is 10.2 Å². The number of carbonyl (C=O) groups excluding carboxylic acids is 1. The second-order valence-electron chi connectivity index (χ2n) is 10.9. The van der Waals surface area contributed by atoms with Gasteiger partial charge in [-0.3, -0.25) is 0 Å². The maximum atomic E-state index is 15.0. The minimum atomic E-state index is -1.34. The molecule has 2 aromatic rings. The van der Waals surface area contributed by atoms with Crippen molar-refractivity contribution in [3.8, 4) is 5.88 Å². The summed E-state index contributed by atoms with van der Waals surface area (Å²) in [7, 11) is 0. The molecule has 2 aromatic heterocycles. The van der Waals surface area contributed by atoms with Crippen LogP contribution in [0.2, 0.25) is 5.15 Å². The first-order valence-corrected chi connectivity index (χ1v) is 13.0. The number of carbonyl (C=O) groups is 1. The number of hydrogen-bond donors (Lipinski definition) is 1. The number of piperidine rings is 1. The van der Waals surface area contributed by atoms with Gasteiger partial charge in [0.2, 0.25) is 5.88 Å². The van der Waals surface area contributed by atoms with Crippen LogP contribution in [0, 0.1) is 0 Å². The van der Waals surface area contributed by atoms with E-state index in [-0.39, 0.29) is 18.6 Å². The third-order valence-corrected chi connectivity index (χ3v) is 7.20. The molecule has 0 aromatic carbocycles. The van der Waals surface area contributed by atoms with E-state index in [1.54, 1.807) is 33.0 Å². The highest BCUT2D eigenvalue weighted by Gasteiger charge is 2.41. The topological polar surface area (TPSA) is 110 Å². The van der Waals surface area contributed by atoms with Crippen molar-refractivity contribution in [2.45, 2.75) is 70.0 Å². The molecular formula is C25H33ClFN7O3. The lowest BCUT2D eigenvalue weighted by molar-refractivity contribution is -0.0114. The molecule has 37 heavy (non-hydrogen) atoms. The minimum Gasteiger partial charge on any atom is -0.471 e. The third kappa shape index (κ3) is 5.61. The molecule has 3 aliphatic heterocycles. The number of fused-ring (bicyclic) bond motifs is 2. The van der Waals surface area contributed by atoms with Gasteiger partial charge in [0, 0.05) is 62.2 Å². The number of ether oxygens (including phenoxy) is 2. The van der Waals surface area contributed by atoms with Crippen molar-refractivity contribution in [1.29, 1.82) is 0 Å². The quantitative estimate of drug-likeness (QED) is 0.629. The highest BCUT2D eigenvalue weighted by molar-refractivity contribution is 6.29. The van der Waals surface area contributed by atoms with E-state index >= 15 is 0 Å². The zero-order valence-electron chi connectivity index (χ0n) is 21.3. The van der Waals surface area contributed by atoms with Crippen LogP contribution in [0.4, 0.5) is 26.4 Å². The first-order chi connectivity index (χ1) is 17.6. The number of aromatic nitrogens is 3. The van der Waals surface area contributed by atoms with Gasteiger partial charge in [0.05, 0.1) is 12.2 Å². The highest BCUT2D eigenvalue weighted by Crippen LogP contribution is 2.38. The number of nitrogen functional groups attached to an aromatic ring is 1. The summed E-state index contributed by atoms with van der Waals surface area (Å²) in [4.78, 5) is 22.7. The zero-order chi connectivity index (χ0) is 26.3. The summed E-state index contributed by atoms with van der Waals surface area (Å²) >= 11 is 6.07. The lowest BCUT2D eigenvalue weighted by Gasteiger charge is -2.43. The Labute approximate surface area is 220 Å². The Hall–Kier alpha value is -3.08. The number of hydrogen-bond acceptors (Lipinski definition) is 9. The number of nitrogens with zero attached hydrogens (tertiary/aromatic N) is 6. The molecule has 0 aliphatic carbocycles. The number of likely N-dealkylation sites (tertiary alicyclic amines) is 1. The first-order valence-electron chi connectivity index (χ1n) is 12.6. The van der Waals surface area contributed by atoms with Gasteiger partial charge in [0.25, 0.3) is 0 Å². The van der Waals surface area contributed by atoms with E-state index in [2.05, 4.69) is 25.0 Å². The van der Waals surface area contributed by atoms with E-state index in [0.717, 1.165) is 37.3 Å².